The quantitative estimate of drug-likeness (QED) is 0.783. The number of anilines is 1. The lowest BCUT2D eigenvalue weighted by atomic mass is 10.0. The topological polar surface area (TPSA) is 22.2 Å². The van der Waals surface area contributed by atoms with Gasteiger partial charge in [0.2, 0.25) is 0 Å². The second kappa shape index (κ2) is 8.66. The lowest BCUT2D eigenvalue weighted by Crippen LogP contribution is -2.49. The maximum Gasteiger partial charge on any atom is 0.0702 e. The molecule has 0 saturated carbocycles. The summed E-state index contributed by atoms with van der Waals surface area (Å²) >= 11 is 6.68. The molecule has 0 aromatic heterocycles. The van der Waals surface area contributed by atoms with E-state index in [-0.39, 0.29) is 0 Å². The average Bonchev–Trinajstić information content (AvgIpc) is 3.18. The second-order valence-electron chi connectivity index (χ2n) is 8.39. The SMILES string of the molecule is CN1CCN(c2ccc(Cl)c(C3CN(CC4CCCO4)CCN3C)c2)CC1. The lowest BCUT2D eigenvalue weighted by Gasteiger charge is -2.41. The van der Waals surface area contributed by atoms with Gasteiger partial charge in [-0.25, -0.2) is 0 Å². The van der Waals surface area contributed by atoms with Crippen molar-refractivity contribution in [2.24, 2.45) is 0 Å². The predicted octanol–water partition coefficient (Wildman–Crippen LogP) is 2.56. The Balaban J connectivity index is 1.49. The van der Waals surface area contributed by atoms with Crippen LogP contribution in [-0.2, 0) is 4.74 Å². The number of hydrogen-bond donors (Lipinski definition) is 0. The van der Waals surface area contributed by atoms with Crippen LogP contribution < -0.4 is 4.90 Å². The summed E-state index contributed by atoms with van der Waals surface area (Å²) in [5.74, 6) is 0. The first-order valence-corrected chi connectivity index (χ1v) is 10.7. The lowest BCUT2D eigenvalue weighted by molar-refractivity contribution is 0.0355. The first kappa shape index (κ1) is 19.5. The van der Waals surface area contributed by atoms with Gasteiger partial charge in [-0.2, -0.15) is 0 Å². The van der Waals surface area contributed by atoms with Crippen LogP contribution in [0.2, 0.25) is 5.02 Å². The standard InChI is InChI=1S/C21H33ClN4O/c1-23-7-11-26(12-8-23)17-5-6-20(22)19(14-17)21-16-25(10-9-24(21)2)15-18-4-3-13-27-18/h5-6,14,18,21H,3-4,7-13,15-16H2,1-2H3. The molecule has 0 bridgehead atoms. The third-order valence-electron chi connectivity index (χ3n) is 6.42. The maximum atomic E-state index is 6.68. The highest BCUT2D eigenvalue weighted by Crippen LogP contribution is 2.33. The molecule has 2 atom stereocenters. The van der Waals surface area contributed by atoms with Gasteiger partial charge in [-0.3, -0.25) is 9.80 Å². The highest BCUT2D eigenvalue weighted by atomic mass is 35.5. The molecule has 3 aliphatic rings. The van der Waals surface area contributed by atoms with E-state index in [4.69, 9.17) is 16.3 Å². The summed E-state index contributed by atoms with van der Waals surface area (Å²) in [4.78, 5) is 9.92. The van der Waals surface area contributed by atoms with Gasteiger partial charge in [0, 0.05) is 75.7 Å². The number of ether oxygens (including phenoxy) is 1. The van der Waals surface area contributed by atoms with Crippen molar-refractivity contribution in [1.29, 1.82) is 0 Å². The Morgan fingerprint density at radius 1 is 1.07 bits per heavy atom. The van der Waals surface area contributed by atoms with Crippen LogP contribution in [0.25, 0.3) is 0 Å². The van der Waals surface area contributed by atoms with E-state index < -0.39 is 0 Å². The van der Waals surface area contributed by atoms with Crippen molar-refractivity contribution in [1.82, 2.24) is 14.7 Å². The number of likely N-dealkylation sites (N-methyl/N-ethyl adjacent to an activating group) is 2. The number of benzene rings is 1. The van der Waals surface area contributed by atoms with E-state index in [0.29, 0.717) is 12.1 Å². The van der Waals surface area contributed by atoms with Crippen molar-refractivity contribution >= 4 is 17.3 Å². The molecule has 3 fully saturated rings. The summed E-state index contributed by atoms with van der Waals surface area (Å²) in [5.41, 5.74) is 2.58. The van der Waals surface area contributed by atoms with Gasteiger partial charge in [-0.1, -0.05) is 11.6 Å². The van der Waals surface area contributed by atoms with Gasteiger partial charge in [0.25, 0.3) is 0 Å². The Morgan fingerprint density at radius 2 is 1.89 bits per heavy atom. The van der Waals surface area contributed by atoms with Crippen molar-refractivity contribution in [3.63, 3.8) is 0 Å². The highest BCUT2D eigenvalue weighted by Gasteiger charge is 2.30. The molecular weight excluding hydrogens is 360 g/mol. The number of hydrogen-bond acceptors (Lipinski definition) is 5. The molecule has 0 N–H and O–H groups in total. The van der Waals surface area contributed by atoms with E-state index in [0.717, 1.165) is 64.0 Å². The Bertz CT molecular complexity index is 629. The van der Waals surface area contributed by atoms with Crippen LogP contribution in [0.15, 0.2) is 18.2 Å². The minimum absolute atomic E-state index is 0.347. The first-order chi connectivity index (χ1) is 13.1. The molecule has 0 aliphatic carbocycles. The average molecular weight is 393 g/mol. The van der Waals surface area contributed by atoms with Crippen LogP contribution in [0.1, 0.15) is 24.4 Å². The Labute approximate surface area is 168 Å². The third kappa shape index (κ3) is 4.60. The van der Waals surface area contributed by atoms with Crippen molar-refractivity contribution in [2.45, 2.75) is 25.0 Å². The number of nitrogens with zero attached hydrogens (tertiary/aromatic N) is 4. The summed E-state index contributed by atoms with van der Waals surface area (Å²) in [7, 11) is 4.43. The molecule has 1 aromatic rings. The summed E-state index contributed by atoms with van der Waals surface area (Å²) in [5, 5.41) is 0.892. The van der Waals surface area contributed by atoms with Gasteiger partial charge in [0.15, 0.2) is 0 Å². The molecule has 2 unspecified atom stereocenters. The Morgan fingerprint density at radius 3 is 2.63 bits per heavy atom. The van der Waals surface area contributed by atoms with Gasteiger partial charge in [-0.15, -0.1) is 0 Å². The van der Waals surface area contributed by atoms with Gasteiger partial charge in [0.1, 0.15) is 0 Å². The predicted molar refractivity (Wildman–Crippen MR) is 112 cm³/mol. The smallest absolute Gasteiger partial charge is 0.0702 e. The van der Waals surface area contributed by atoms with Gasteiger partial charge in [0.05, 0.1) is 6.10 Å². The fraction of sp³-hybridized carbons (Fsp3) is 0.714. The first-order valence-electron chi connectivity index (χ1n) is 10.4. The van der Waals surface area contributed by atoms with E-state index in [2.05, 4.69) is 51.9 Å². The molecule has 6 heteroatoms. The van der Waals surface area contributed by atoms with Crippen LogP contribution in [0.4, 0.5) is 5.69 Å². The maximum absolute atomic E-state index is 6.68. The molecule has 27 heavy (non-hydrogen) atoms. The van der Waals surface area contributed by atoms with E-state index in [1.807, 2.05) is 0 Å². The van der Waals surface area contributed by atoms with Crippen molar-refractivity contribution in [3.8, 4) is 0 Å². The Hall–Kier alpha value is -0.850. The van der Waals surface area contributed by atoms with Crippen molar-refractivity contribution in [2.75, 3.05) is 78.0 Å². The molecule has 3 heterocycles. The summed E-state index contributed by atoms with van der Waals surface area (Å²) in [6, 6.07) is 6.96. The van der Waals surface area contributed by atoms with Crippen LogP contribution >= 0.6 is 11.6 Å². The number of halogens is 1. The molecule has 5 nitrogen and oxygen atoms in total. The molecule has 3 aliphatic heterocycles. The fourth-order valence-electron chi connectivity index (χ4n) is 4.56. The largest absolute Gasteiger partial charge is 0.377 e. The zero-order chi connectivity index (χ0) is 18.8. The molecule has 0 amide bonds. The Kier molecular flexibility index (Phi) is 6.25. The van der Waals surface area contributed by atoms with E-state index in [9.17, 15) is 0 Å². The van der Waals surface area contributed by atoms with Crippen LogP contribution in [-0.4, -0.2) is 93.9 Å². The monoisotopic (exact) mass is 392 g/mol. The zero-order valence-corrected chi connectivity index (χ0v) is 17.5. The van der Waals surface area contributed by atoms with E-state index in [1.165, 1.54) is 24.1 Å². The summed E-state index contributed by atoms with van der Waals surface area (Å²) in [6.45, 7) is 9.62. The number of rotatable bonds is 4. The molecule has 150 valence electrons. The van der Waals surface area contributed by atoms with Crippen molar-refractivity contribution < 1.29 is 4.74 Å². The molecular formula is C21H33ClN4O. The molecule has 3 saturated heterocycles. The fourth-order valence-corrected chi connectivity index (χ4v) is 4.80. The van der Waals surface area contributed by atoms with E-state index >= 15 is 0 Å². The number of piperazine rings is 2. The molecule has 1 aromatic carbocycles. The molecule has 0 spiro atoms. The minimum Gasteiger partial charge on any atom is -0.377 e. The van der Waals surface area contributed by atoms with E-state index in [1.54, 1.807) is 0 Å². The third-order valence-corrected chi connectivity index (χ3v) is 6.77. The van der Waals surface area contributed by atoms with Gasteiger partial charge < -0.3 is 14.5 Å². The van der Waals surface area contributed by atoms with Crippen molar-refractivity contribution in [3.05, 3.63) is 28.8 Å². The van der Waals surface area contributed by atoms with Crippen LogP contribution in [0.3, 0.4) is 0 Å². The minimum atomic E-state index is 0.347. The normalized spacial score (nSPS) is 28.8. The van der Waals surface area contributed by atoms with Gasteiger partial charge >= 0.3 is 0 Å². The second-order valence-corrected chi connectivity index (χ2v) is 8.79. The zero-order valence-electron chi connectivity index (χ0n) is 16.7. The van der Waals surface area contributed by atoms with Crippen LogP contribution in [0.5, 0.6) is 0 Å². The molecule has 4 rings (SSSR count). The summed E-state index contributed by atoms with van der Waals surface area (Å²) in [6.07, 6.45) is 2.83. The molecule has 0 radical (unpaired) electrons. The van der Waals surface area contributed by atoms with Gasteiger partial charge in [-0.05, 0) is 50.7 Å². The summed E-state index contributed by atoms with van der Waals surface area (Å²) < 4.78 is 5.86. The highest BCUT2D eigenvalue weighted by molar-refractivity contribution is 6.31. The van der Waals surface area contributed by atoms with Crippen LogP contribution in [0, 0.1) is 0 Å².